The van der Waals surface area contributed by atoms with Gasteiger partial charge in [0.25, 0.3) is 0 Å². The van der Waals surface area contributed by atoms with E-state index < -0.39 is 0 Å². The lowest BCUT2D eigenvalue weighted by atomic mass is 9.85. The van der Waals surface area contributed by atoms with E-state index in [4.69, 9.17) is 4.74 Å². The first kappa shape index (κ1) is 13.9. The Kier molecular flexibility index (Phi) is 3.36. The zero-order chi connectivity index (χ0) is 15.0. The second-order valence-electron chi connectivity index (χ2n) is 6.55. The average molecular weight is 278 g/mol. The van der Waals surface area contributed by atoms with Gasteiger partial charge in [-0.1, -0.05) is 63.2 Å². The van der Waals surface area contributed by atoms with E-state index in [1.807, 2.05) is 6.92 Å². The second kappa shape index (κ2) is 5.07. The predicted molar refractivity (Wildman–Crippen MR) is 91.3 cm³/mol. The molecule has 0 unspecified atom stereocenters. The van der Waals surface area contributed by atoms with Crippen molar-refractivity contribution in [3.05, 3.63) is 54.1 Å². The minimum Gasteiger partial charge on any atom is -0.493 e. The van der Waals surface area contributed by atoms with E-state index in [0.717, 1.165) is 5.75 Å². The quantitative estimate of drug-likeness (QED) is 0.547. The molecule has 0 saturated heterocycles. The van der Waals surface area contributed by atoms with Gasteiger partial charge in [-0.05, 0) is 34.7 Å². The summed E-state index contributed by atoms with van der Waals surface area (Å²) in [5.74, 6) is 1.01. The van der Waals surface area contributed by atoms with E-state index in [0.29, 0.717) is 6.61 Å². The molecular weight excluding hydrogens is 256 g/mol. The highest BCUT2D eigenvalue weighted by molar-refractivity contribution is 6.05. The summed E-state index contributed by atoms with van der Waals surface area (Å²) in [5, 5.41) is 4.88. The van der Waals surface area contributed by atoms with Crippen LogP contribution in [0.4, 0.5) is 0 Å². The molecule has 0 heterocycles. The first-order chi connectivity index (χ1) is 10.0. The molecule has 108 valence electrons. The smallest absolute Gasteiger partial charge is 0.134 e. The van der Waals surface area contributed by atoms with Crippen LogP contribution < -0.4 is 4.74 Å². The second-order valence-corrected chi connectivity index (χ2v) is 6.55. The lowest BCUT2D eigenvalue weighted by Crippen LogP contribution is -2.10. The van der Waals surface area contributed by atoms with Crippen LogP contribution in [0, 0.1) is 0 Å². The van der Waals surface area contributed by atoms with Gasteiger partial charge in [-0.2, -0.15) is 0 Å². The lowest BCUT2D eigenvalue weighted by Gasteiger charge is -2.20. The molecule has 0 atom stereocenters. The van der Waals surface area contributed by atoms with E-state index in [9.17, 15) is 0 Å². The van der Waals surface area contributed by atoms with E-state index in [1.165, 1.54) is 27.1 Å². The first-order valence-electron chi connectivity index (χ1n) is 7.59. The number of hydrogen-bond acceptors (Lipinski definition) is 1. The Labute approximate surface area is 126 Å². The molecule has 3 rings (SSSR count). The maximum Gasteiger partial charge on any atom is 0.134 e. The summed E-state index contributed by atoms with van der Waals surface area (Å²) >= 11 is 0. The van der Waals surface area contributed by atoms with Crippen molar-refractivity contribution in [2.24, 2.45) is 0 Å². The Bertz CT molecular complexity index is 794. The fourth-order valence-corrected chi connectivity index (χ4v) is 2.80. The van der Waals surface area contributed by atoms with Crippen molar-refractivity contribution < 1.29 is 4.74 Å². The molecule has 3 aromatic carbocycles. The van der Waals surface area contributed by atoms with Crippen LogP contribution in [-0.4, -0.2) is 6.61 Å². The maximum absolute atomic E-state index is 5.96. The Morgan fingerprint density at radius 1 is 0.857 bits per heavy atom. The van der Waals surface area contributed by atoms with Gasteiger partial charge in [0.2, 0.25) is 0 Å². The number of ether oxygens (including phenoxy) is 1. The Balaban J connectivity index is 2.36. The van der Waals surface area contributed by atoms with E-state index in [2.05, 4.69) is 69.3 Å². The fraction of sp³-hybridized carbons (Fsp3) is 0.300. The van der Waals surface area contributed by atoms with Gasteiger partial charge >= 0.3 is 0 Å². The Morgan fingerprint density at radius 2 is 1.57 bits per heavy atom. The molecule has 0 amide bonds. The summed E-state index contributed by atoms with van der Waals surface area (Å²) in [4.78, 5) is 0. The van der Waals surface area contributed by atoms with Crippen LogP contribution in [-0.2, 0) is 5.41 Å². The molecule has 0 N–H and O–H groups in total. The number of hydrogen-bond donors (Lipinski definition) is 0. The number of benzene rings is 3. The molecular formula is C20H22O. The number of rotatable bonds is 2. The molecule has 0 aliphatic carbocycles. The summed E-state index contributed by atoms with van der Waals surface area (Å²) in [5.41, 5.74) is 1.51. The van der Waals surface area contributed by atoms with Gasteiger partial charge < -0.3 is 4.74 Å². The van der Waals surface area contributed by atoms with Crippen molar-refractivity contribution in [3.8, 4) is 5.75 Å². The Morgan fingerprint density at radius 3 is 2.29 bits per heavy atom. The minimum atomic E-state index is 0.158. The summed E-state index contributed by atoms with van der Waals surface area (Å²) in [6.07, 6.45) is 0. The zero-order valence-electron chi connectivity index (χ0n) is 13.2. The van der Waals surface area contributed by atoms with Crippen LogP contribution in [0.1, 0.15) is 33.3 Å². The highest BCUT2D eigenvalue weighted by Crippen LogP contribution is 2.36. The van der Waals surface area contributed by atoms with Crippen molar-refractivity contribution in [1.82, 2.24) is 0 Å². The van der Waals surface area contributed by atoms with E-state index in [-0.39, 0.29) is 5.41 Å². The molecule has 1 heteroatoms. The normalized spacial score (nSPS) is 12.0. The standard InChI is InChI=1S/C20H22O/c1-5-21-19-17-9-7-6-8-14(17)12-15-13-16(20(2,3)4)10-11-18(15)19/h6-13H,5H2,1-4H3. The Hall–Kier alpha value is -2.02. The molecule has 0 radical (unpaired) electrons. The summed E-state index contributed by atoms with van der Waals surface area (Å²) in [7, 11) is 0. The molecule has 3 aromatic rings. The van der Waals surface area contributed by atoms with Crippen molar-refractivity contribution in [3.63, 3.8) is 0 Å². The maximum atomic E-state index is 5.96. The molecule has 0 saturated carbocycles. The first-order valence-corrected chi connectivity index (χ1v) is 7.59. The van der Waals surface area contributed by atoms with Gasteiger partial charge in [-0.3, -0.25) is 0 Å². The van der Waals surface area contributed by atoms with E-state index >= 15 is 0 Å². The summed E-state index contributed by atoms with van der Waals surface area (Å²) < 4.78 is 5.96. The molecule has 21 heavy (non-hydrogen) atoms. The zero-order valence-corrected chi connectivity index (χ0v) is 13.2. The van der Waals surface area contributed by atoms with Gasteiger partial charge in [0, 0.05) is 10.8 Å². The SMILES string of the molecule is CCOc1c2ccccc2cc2cc(C(C)(C)C)ccc12. The summed E-state index contributed by atoms with van der Waals surface area (Å²) in [6.45, 7) is 9.47. The van der Waals surface area contributed by atoms with Crippen molar-refractivity contribution >= 4 is 21.5 Å². The lowest BCUT2D eigenvalue weighted by molar-refractivity contribution is 0.348. The molecule has 0 fully saturated rings. The van der Waals surface area contributed by atoms with Crippen LogP contribution in [0.25, 0.3) is 21.5 Å². The van der Waals surface area contributed by atoms with E-state index in [1.54, 1.807) is 0 Å². The van der Waals surface area contributed by atoms with Crippen LogP contribution >= 0.6 is 0 Å². The largest absolute Gasteiger partial charge is 0.493 e. The molecule has 1 nitrogen and oxygen atoms in total. The predicted octanol–water partition coefficient (Wildman–Crippen LogP) is 5.69. The van der Waals surface area contributed by atoms with Crippen molar-refractivity contribution in [2.45, 2.75) is 33.1 Å². The van der Waals surface area contributed by atoms with Crippen molar-refractivity contribution in [1.29, 1.82) is 0 Å². The third kappa shape index (κ3) is 2.49. The van der Waals surface area contributed by atoms with Gasteiger partial charge in [0.1, 0.15) is 5.75 Å². The molecule has 0 bridgehead atoms. The van der Waals surface area contributed by atoms with Gasteiger partial charge in [-0.15, -0.1) is 0 Å². The highest BCUT2D eigenvalue weighted by Gasteiger charge is 2.15. The van der Waals surface area contributed by atoms with Crippen LogP contribution in [0.15, 0.2) is 48.5 Å². The van der Waals surface area contributed by atoms with Crippen LogP contribution in [0.3, 0.4) is 0 Å². The van der Waals surface area contributed by atoms with Gasteiger partial charge in [-0.25, -0.2) is 0 Å². The number of fused-ring (bicyclic) bond motifs is 2. The molecule has 0 spiro atoms. The van der Waals surface area contributed by atoms with Crippen molar-refractivity contribution in [2.75, 3.05) is 6.61 Å². The minimum absolute atomic E-state index is 0.158. The summed E-state index contributed by atoms with van der Waals surface area (Å²) in [6, 6.07) is 17.4. The average Bonchev–Trinajstić information content (AvgIpc) is 2.45. The van der Waals surface area contributed by atoms with Gasteiger partial charge in [0.05, 0.1) is 6.61 Å². The third-order valence-corrected chi connectivity index (χ3v) is 3.97. The van der Waals surface area contributed by atoms with Gasteiger partial charge in [0.15, 0.2) is 0 Å². The molecule has 0 aliphatic rings. The topological polar surface area (TPSA) is 9.23 Å². The van der Waals surface area contributed by atoms with Crippen LogP contribution in [0.2, 0.25) is 0 Å². The van der Waals surface area contributed by atoms with Crippen LogP contribution in [0.5, 0.6) is 5.75 Å². The molecule has 0 aromatic heterocycles. The third-order valence-electron chi connectivity index (χ3n) is 3.97. The molecule has 0 aliphatic heterocycles. The fourth-order valence-electron chi connectivity index (χ4n) is 2.80. The highest BCUT2D eigenvalue weighted by atomic mass is 16.5. The monoisotopic (exact) mass is 278 g/mol.